The Morgan fingerprint density at radius 1 is 1.29 bits per heavy atom. The van der Waals surface area contributed by atoms with Gasteiger partial charge in [0.1, 0.15) is 6.61 Å². The smallest absolute Gasteiger partial charge is 0.162 e. The van der Waals surface area contributed by atoms with Crippen molar-refractivity contribution in [3.05, 3.63) is 42.0 Å². The summed E-state index contributed by atoms with van der Waals surface area (Å²) < 4.78 is 13.2. The molecule has 0 amide bonds. The van der Waals surface area contributed by atoms with E-state index < -0.39 is 0 Å². The molecule has 2 rings (SSSR count). The minimum Gasteiger partial charge on any atom is -0.493 e. The predicted octanol–water partition coefficient (Wildman–Crippen LogP) is 2.51. The van der Waals surface area contributed by atoms with Crippen molar-refractivity contribution in [3.8, 4) is 11.5 Å². The van der Waals surface area contributed by atoms with Crippen molar-refractivity contribution >= 4 is 0 Å². The van der Waals surface area contributed by atoms with Gasteiger partial charge in [-0.1, -0.05) is 19.9 Å². The van der Waals surface area contributed by atoms with Crippen LogP contribution >= 0.6 is 0 Å². The van der Waals surface area contributed by atoms with Gasteiger partial charge in [-0.15, -0.1) is 0 Å². The summed E-state index contributed by atoms with van der Waals surface area (Å²) in [6.45, 7) is 5.53. The molecule has 1 heterocycles. The van der Waals surface area contributed by atoms with Crippen LogP contribution in [0.2, 0.25) is 0 Å². The van der Waals surface area contributed by atoms with Crippen molar-refractivity contribution in [2.75, 3.05) is 7.11 Å². The number of rotatable bonds is 7. The summed E-state index contributed by atoms with van der Waals surface area (Å²) in [6, 6.07) is 6.46. The monoisotopic (exact) mass is 289 g/mol. The molecule has 0 aliphatic heterocycles. The molecule has 1 aromatic carbocycles. The summed E-state index contributed by atoms with van der Waals surface area (Å²) >= 11 is 0. The van der Waals surface area contributed by atoms with Crippen molar-refractivity contribution in [2.24, 2.45) is 7.05 Å². The van der Waals surface area contributed by atoms with Gasteiger partial charge in [0, 0.05) is 19.6 Å². The van der Waals surface area contributed by atoms with Gasteiger partial charge in [-0.05, 0) is 17.7 Å². The summed E-state index contributed by atoms with van der Waals surface area (Å²) in [5.41, 5.74) is 2.19. The van der Waals surface area contributed by atoms with Gasteiger partial charge in [-0.2, -0.15) is 0 Å². The van der Waals surface area contributed by atoms with Gasteiger partial charge >= 0.3 is 0 Å². The van der Waals surface area contributed by atoms with Crippen molar-refractivity contribution in [3.63, 3.8) is 0 Å². The van der Waals surface area contributed by atoms with E-state index in [2.05, 4.69) is 24.1 Å². The van der Waals surface area contributed by atoms with Crippen LogP contribution in [0.5, 0.6) is 11.5 Å². The van der Waals surface area contributed by atoms with Crippen LogP contribution in [-0.2, 0) is 20.2 Å². The third-order valence-electron chi connectivity index (χ3n) is 3.23. The highest BCUT2D eigenvalue weighted by molar-refractivity contribution is 5.43. The van der Waals surface area contributed by atoms with Crippen molar-refractivity contribution < 1.29 is 9.47 Å². The number of nitrogens with one attached hydrogen (secondary N) is 1. The molecule has 0 radical (unpaired) electrons. The van der Waals surface area contributed by atoms with Crippen LogP contribution in [0.25, 0.3) is 0 Å². The van der Waals surface area contributed by atoms with Crippen LogP contribution in [0, 0.1) is 0 Å². The number of aromatic nitrogens is 2. The fraction of sp³-hybridized carbons (Fsp3) is 0.438. The number of ether oxygens (including phenoxy) is 2. The average molecular weight is 289 g/mol. The summed E-state index contributed by atoms with van der Waals surface area (Å²) in [6.07, 6.45) is 3.57. The maximum absolute atomic E-state index is 5.89. The van der Waals surface area contributed by atoms with Gasteiger partial charge < -0.3 is 19.4 Å². The Labute approximate surface area is 125 Å². The molecule has 1 N–H and O–H groups in total. The Hall–Kier alpha value is -2.01. The lowest BCUT2D eigenvalue weighted by atomic mass is 10.2. The van der Waals surface area contributed by atoms with Crippen LogP contribution in [0.4, 0.5) is 0 Å². The van der Waals surface area contributed by atoms with Crippen molar-refractivity contribution in [1.82, 2.24) is 14.9 Å². The molecule has 0 unspecified atom stereocenters. The quantitative estimate of drug-likeness (QED) is 0.851. The first-order valence-electron chi connectivity index (χ1n) is 7.08. The number of imidazole rings is 1. The zero-order valence-corrected chi connectivity index (χ0v) is 13.1. The van der Waals surface area contributed by atoms with E-state index >= 15 is 0 Å². The first-order valence-corrected chi connectivity index (χ1v) is 7.08. The second-order valence-electron chi connectivity index (χ2n) is 5.31. The first kappa shape index (κ1) is 15.4. The summed E-state index contributed by atoms with van der Waals surface area (Å²) in [5, 5.41) is 3.39. The van der Waals surface area contributed by atoms with Gasteiger partial charge in [0.25, 0.3) is 0 Å². The van der Waals surface area contributed by atoms with Crippen LogP contribution in [-0.4, -0.2) is 22.7 Å². The average Bonchev–Trinajstić information content (AvgIpc) is 2.88. The first-order chi connectivity index (χ1) is 10.1. The van der Waals surface area contributed by atoms with Crippen LogP contribution in [0.3, 0.4) is 0 Å². The molecule has 1 aromatic heterocycles. The Kier molecular flexibility index (Phi) is 5.22. The summed E-state index contributed by atoms with van der Waals surface area (Å²) in [4.78, 5) is 4.08. The van der Waals surface area contributed by atoms with E-state index in [4.69, 9.17) is 9.47 Å². The molecule has 0 atom stereocenters. The van der Waals surface area contributed by atoms with Crippen LogP contribution in [0.15, 0.2) is 30.7 Å². The van der Waals surface area contributed by atoms with Crippen LogP contribution < -0.4 is 14.8 Å². The van der Waals surface area contributed by atoms with Crippen molar-refractivity contribution in [2.45, 2.75) is 33.0 Å². The number of benzene rings is 1. The zero-order chi connectivity index (χ0) is 15.2. The van der Waals surface area contributed by atoms with Gasteiger partial charge in [0.05, 0.1) is 25.3 Å². The molecule has 0 bridgehead atoms. The molecule has 0 aliphatic carbocycles. The zero-order valence-electron chi connectivity index (χ0n) is 13.1. The molecule has 0 aliphatic rings. The lowest BCUT2D eigenvalue weighted by Gasteiger charge is -2.14. The minimum atomic E-state index is 0.450. The fourth-order valence-electron chi connectivity index (χ4n) is 1.94. The molecule has 0 saturated carbocycles. The molecule has 0 fully saturated rings. The third kappa shape index (κ3) is 4.23. The van der Waals surface area contributed by atoms with Gasteiger partial charge in [-0.25, -0.2) is 4.98 Å². The maximum atomic E-state index is 5.89. The second kappa shape index (κ2) is 7.13. The van der Waals surface area contributed by atoms with Gasteiger partial charge in [0.2, 0.25) is 0 Å². The fourth-order valence-corrected chi connectivity index (χ4v) is 1.94. The predicted molar refractivity (Wildman–Crippen MR) is 82.5 cm³/mol. The standard InChI is InChI=1S/C16H23N3O2/c1-12(2)18-8-13-5-6-15(20-4)16(7-13)21-10-14-9-17-11-19(14)3/h5-7,9,11-12,18H,8,10H2,1-4H3. The maximum Gasteiger partial charge on any atom is 0.162 e. The molecule has 21 heavy (non-hydrogen) atoms. The number of hydrogen-bond donors (Lipinski definition) is 1. The number of nitrogens with zero attached hydrogens (tertiary/aromatic N) is 2. The Morgan fingerprint density at radius 3 is 2.71 bits per heavy atom. The molecule has 0 saturated heterocycles. The largest absolute Gasteiger partial charge is 0.493 e. The SMILES string of the molecule is COc1ccc(CNC(C)C)cc1OCc1cncn1C. The highest BCUT2D eigenvalue weighted by Crippen LogP contribution is 2.28. The van der Waals surface area contributed by atoms with E-state index in [9.17, 15) is 0 Å². The molecule has 5 nitrogen and oxygen atoms in total. The summed E-state index contributed by atoms with van der Waals surface area (Å²) in [5.74, 6) is 1.49. The minimum absolute atomic E-state index is 0.450. The van der Waals surface area contributed by atoms with E-state index in [-0.39, 0.29) is 0 Å². The Balaban J connectivity index is 2.08. The normalized spacial score (nSPS) is 10.9. The van der Waals surface area contributed by atoms with E-state index in [1.54, 1.807) is 19.6 Å². The second-order valence-corrected chi connectivity index (χ2v) is 5.31. The molecule has 0 spiro atoms. The molecular weight excluding hydrogens is 266 g/mol. The van der Waals surface area contributed by atoms with E-state index in [0.717, 1.165) is 23.7 Å². The lowest BCUT2D eigenvalue weighted by molar-refractivity contribution is 0.277. The third-order valence-corrected chi connectivity index (χ3v) is 3.23. The highest BCUT2D eigenvalue weighted by atomic mass is 16.5. The van der Waals surface area contributed by atoms with E-state index in [0.29, 0.717) is 12.6 Å². The molecule has 114 valence electrons. The van der Waals surface area contributed by atoms with E-state index in [1.165, 1.54) is 5.56 Å². The number of methoxy groups -OCH3 is 1. The Bertz CT molecular complexity index is 579. The van der Waals surface area contributed by atoms with Gasteiger partial charge in [0.15, 0.2) is 11.5 Å². The lowest BCUT2D eigenvalue weighted by Crippen LogP contribution is -2.21. The Morgan fingerprint density at radius 2 is 2.10 bits per heavy atom. The van der Waals surface area contributed by atoms with E-state index in [1.807, 2.05) is 29.8 Å². The summed E-state index contributed by atoms with van der Waals surface area (Å²) in [7, 11) is 3.60. The number of hydrogen-bond acceptors (Lipinski definition) is 4. The topological polar surface area (TPSA) is 48.3 Å². The number of aryl methyl sites for hydroxylation is 1. The molecule has 2 aromatic rings. The van der Waals surface area contributed by atoms with Crippen molar-refractivity contribution in [1.29, 1.82) is 0 Å². The highest BCUT2D eigenvalue weighted by Gasteiger charge is 2.08. The van der Waals surface area contributed by atoms with Gasteiger partial charge in [-0.3, -0.25) is 0 Å². The molecular formula is C16H23N3O2. The van der Waals surface area contributed by atoms with Crippen LogP contribution in [0.1, 0.15) is 25.1 Å². The molecule has 5 heteroatoms.